The third-order valence-corrected chi connectivity index (χ3v) is 7.16. The Hall–Kier alpha value is -3.23. The van der Waals surface area contributed by atoms with Gasteiger partial charge in [0.1, 0.15) is 17.3 Å². The zero-order chi connectivity index (χ0) is 24.0. The average Bonchev–Trinajstić information content (AvgIpc) is 3.16. The minimum atomic E-state index is -0.194. The molecule has 0 spiro atoms. The van der Waals surface area contributed by atoms with Crippen molar-refractivity contribution in [2.24, 2.45) is 0 Å². The lowest BCUT2D eigenvalue weighted by molar-refractivity contribution is -0.129. The molecular weight excluding hydrogens is 435 g/mol. The van der Waals surface area contributed by atoms with E-state index in [1.165, 1.54) is 6.07 Å². The Labute approximate surface area is 199 Å². The first-order valence-corrected chi connectivity index (χ1v) is 12.1. The van der Waals surface area contributed by atoms with Crippen molar-refractivity contribution in [3.8, 4) is 0 Å². The van der Waals surface area contributed by atoms with Crippen LogP contribution in [0.4, 0.5) is 16.2 Å². The lowest BCUT2D eigenvalue weighted by Crippen LogP contribution is -2.48. The van der Waals surface area contributed by atoms with Crippen molar-refractivity contribution >= 4 is 23.6 Å². The smallest absolute Gasteiger partial charge is 0.273 e. The van der Waals surface area contributed by atoms with Gasteiger partial charge < -0.3 is 20.0 Å². The predicted octanol–water partition coefficient (Wildman–Crippen LogP) is 2.62. The fourth-order valence-electron chi connectivity index (χ4n) is 5.12. The molecule has 5 rings (SSSR count). The van der Waals surface area contributed by atoms with Crippen molar-refractivity contribution in [1.82, 2.24) is 19.8 Å². The molecule has 2 aromatic rings. The number of nitrogens with one attached hydrogen (secondary N) is 1. The largest absolute Gasteiger partial charge is 0.367 e. The number of benzene rings is 1. The number of carbonyl (C=O) groups is 2. The van der Waals surface area contributed by atoms with Crippen LogP contribution in [0.1, 0.15) is 54.4 Å². The van der Waals surface area contributed by atoms with E-state index in [2.05, 4.69) is 10.2 Å². The molecule has 1 fully saturated rings. The van der Waals surface area contributed by atoms with Gasteiger partial charge in [0.05, 0.1) is 6.54 Å². The molecule has 9 heteroatoms. The van der Waals surface area contributed by atoms with Gasteiger partial charge in [-0.15, -0.1) is 0 Å². The van der Waals surface area contributed by atoms with Crippen molar-refractivity contribution in [3.05, 3.63) is 46.4 Å². The number of aromatic nitrogens is 2. The van der Waals surface area contributed by atoms with Gasteiger partial charge in [0, 0.05) is 50.7 Å². The highest BCUT2D eigenvalue weighted by molar-refractivity contribution is 5.98. The number of nitrogens with zero attached hydrogens (tertiary/aromatic N) is 5. The number of rotatable bonds is 4. The molecule has 1 aromatic heterocycles. The van der Waals surface area contributed by atoms with Gasteiger partial charge in [0.25, 0.3) is 5.91 Å². The summed E-state index contributed by atoms with van der Waals surface area (Å²) in [5.41, 5.74) is 3.52. The summed E-state index contributed by atoms with van der Waals surface area (Å²) in [5.74, 6) is 1.05. The minimum Gasteiger partial charge on any atom is -0.367 e. The van der Waals surface area contributed by atoms with Gasteiger partial charge in [-0.3, -0.25) is 9.59 Å². The molecule has 34 heavy (non-hydrogen) atoms. The van der Waals surface area contributed by atoms with Crippen molar-refractivity contribution in [1.29, 1.82) is 0 Å². The van der Waals surface area contributed by atoms with E-state index in [9.17, 15) is 14.0 Å². The highest BCUT2D eigenvalue weighted by atomic mass is 19.1. The van der Waals surface area contributed by atoms with Crippen LogP contribution in [0.2, 0.25) is 0 Å². The summed E-state index contributed by atoms with van der Waals surface area (Å²) in [6, 6.07) is 5.22. The summed E-state index contributed by atoms with van der Waals surface area (Å²) < 4.78 is 13.6. The first kappa shape index (κ1) is 22.6. The van der Waals surface area contributed by atoms with Crippen LogP contribution >= 0.6 is 0 Å². The Kier molecular flexibility index (Phi) is 5.87. The number of aryl methyl sites for hydroxylation is 1. The Bertz CT molecular complexity index is 1130. The van der Waals surface area contributed by atoms with Crippen molar-refractivity contribution in [3.63, 3.8) is 0 Å². The van der Waals surface area contributed by atoms with Crippen LogP contribution in [0.25, 0.3) is 0 Å². The van der Waals surface area contributed by atoms with Gasteiger partial charge in [-0.25, -0.2) is 9.37 Å². The van der Waals surface area contributed by atoms with Crippen LogP contribution in [-0.4, -0.2) is 69.8 Å². The molecule has 1 N–H and O–H groups in total. The van der Waals surface area contributed by atoms with Crippen LogP contribution in [0.15, 0.2) is 18.2 Å². The number of halogens is 1. The molecule has 3 aliphatic rings. The molecule has 1 aliphatic carbocycles. The van der Waals surface area contributed by atoms with Crippen LogP contribution in [-0.2, 0) is 24.2 Å². The second-order valence-electron chi connectivity index (χ2n) is 9.72. The van der Waals surface area contributed by atoms with Gasteiger partial charge in [-0.1, -0.05) is 6.07 Å². The molecule has 1 unspecified atom stereocenters. The third kappa shape index (κ3) is 4.19. The van der Waals surface area contributed by atoms with E-state index in [-0.39, 0.29) is 29.7 Å². The number of anilines is 2. The molecule has 0 radical (unpaired) electrons. The number of carbonyl (C=O) groups excluding carboxylic acids is 2. The van der Waals surface area contributed by atoms with E-state index >= 15 is 0 Å². The minimum absolute atomic E-state index is 0.0635. The normalized spacial score (nSPS) is 20.0. The fourth-order valence-corrected chi connectivity index (χ4v) is 5.12. The first-order valence-electron chi connectivity index (χ1n) is 12.1. The van der Waals surface area contributed by atoms with Crippen LogP contribution in [0.5, 0.6) is 0 Å². The van der Waals surface area contributed by atoms with E-state index in [1.54, 1.807) is 13.0 Å². The Morgan fingerprint density at radius 2 is 1.91 bits per heavy atom. The number of hydrogen-bond acceptors (Lipinski definition) is 6. The van der Waals surface area contributed by atoms with Gasteiger partial charge in [0.15, 0.2) is 0 Å². The third-order valence-electron chi connectivity index (χ3n) is 7.16. The molecule has 180 valence electrons. The van der Waals surface area contributed by atoms with Gasteiger partial charge in [-0.05, 0) is 56.4 Å². The molecule has 1 atom stereocenters. The molecule has 1 aromatic carbocycles. The van der Waals surface area contributed by atoms with Crippen molar-refractivity contribution in [2.45, 2.75) is 58.7 Å². The highest BCUT2D eigenvalue weighted by Crippen LogP contribution is 2.32. The van der Waals surface area contributed by atoms with E-state index in [4.69, 9.17) is 9.97 Å². The number of hydrogen-bond donors (Lipinski definition) is 1. The average molecular weight is 467 g/mol. The maximum absolute atomic E-state index is 13.6. The number of fused-ring (bicyclic) bond motifs is 2. The Morgan fingerprint density at radius 1 is 1.15 bits per heavy atom. The summed E-state index contributed by atoms with van der Waals surface area (Å²) in [5, 5.41) is 3.61. The number of piperazine rings is 1. The Balaban J connectivity index is 1.43. The van der Waals surface area contributed by atoms with Crippen LogP contribution in [0, 0.1) is 5.82 Å². The second-order valence-corrected chi connectivity index (χ2v) is 9.72. The predicted molar refractivity (Wildman–Crippen MR) is 127 cm³/mol. The van der Waals surface area contributed by atoms with Crippen LogP contribution in [0.3, 0.4) is 0 Å². The maximum Gasteiger partial charge on any atom is 0.273 e. The lowest BCUT2D eigenvalue weighted by atomic mass is 9.88. The summed E-state index contributed by atoms with van der Waals surface area (Å²) in [6.45, 7) is 8.55. The van der Waals surface area contributed by atoms with Gasteiger partial charge in [-0.2, -0.15) is 4.98 Å². The van der Waals surface area contributed by atoms with E-state index in [0.717, 1.165) is 36.0 Å². The van der Waals surface area contributed by atoms with E-state index in [0.29, 0.717) is 50.2 Å². The molecule has 2 amide bonds. The summed E-state index contributed by atoms with van der Waals surface area (Å²) in [6.07, 6.45) is 2.45. The zero-order valence-electron chi connectivity index (χ0n) is 20.0. The second kappa shape index (κ2) is 8.85. The van der Waals surface area contributed by atoms with Crippen LogP contribution < -0.4 is 10.2 Å². The monoisotopic (exact) mass is 466 g/mol. The fraction of sp³-hybridized carbons (Fsp3) is 0.520. The highest BCUT2D eigenvalue weighted by Gasteiger charge is 2.36. The van der Waals surface area contributed by atoms with Crippen molar-refractivity contribution in [2.75, 3.05) is 36.4 Å². The van der Waals surface area contributed by atoms with Gasteiger partial charge in [0.2, 0.25) is 11.9 Å². The quantitative estimate of drug-likeness (QED) is 0.746. The van der Waals surface area contributed by atoms with E-state index in [1.807, 2.05) is 29.7 Å². The van der Waals surface area contributed by atoms with Crippen molar-refractivity contribution < 1.29 is 14.0 Å². The molecule has 0 bridgehead atoms. The van der Waals surface area contributed by atoms with Gasteiger partial charge >= 0.3 is 0 Å². The Morgan fingerprint density at radius 3 is 2.62 bits per heavy atom. The summed E-state index contributed by atoms with van der Waals surface area (Å²) in [4.78, 5) is 40.1. The first-order chi connectivity index (χ1) is 16.3. The molecule has 0 saturated carbocycles. The standard InChI is InChI=1S/C25H31FN6O2/c1-15(2)32-14-21-22(24(32)34)28-25(31-10-8-30(9-11-31)16(3)33)29-23(21)27-20-7-5-17-12-19(26)6-4-18(17)13-20/h4,6,12,15,20H,5,7-11,13-14H2,1-3H3,(H,27,28,29). The number of amides is 2. The molecular formula is C25H31FN6O2. The summed E-state index contributed by atoms with van der Waals surface area (Å²) in [7, 11) is 0. The zero-order valence-corrected chi connectivity index (χ0v) is 20.0. The molecule has 1 saturated heterocycles. The summed E-state index contributed by atoms with van der Waals surface area (Å²) >= 11 is 0. The SMILES string of the molecule is CC(=O)N1CCN(c2nc(NC3CCc4cc(F)ccc4C3)c3c(n2)C(=O)N(C(C)C)C3)CC1. The van der Waals surface area contributed by atoms with E-state index < -0.39 is 0 Å². The molecule has 3 heterocycles. The molecule has 8 nitrogen and oxygen atoms in total. The molecule has 2 aliphatic heterocycles. The lowest BCUT2D eigenvalue weighted by Gasteiger charge is -2.34. The maximum atomic E-state index is 13.6. The topological polar surface area (TPSA) is 81.7 Å².